The molecule has 0 radical (unpaired) electrons. The molecule has 0 heterocycles. The number of hydrogen-bond acceptors (Lipinski definition) is 5. The Bertz CT molecular complexity index is 1510. The van der Waals surface area contributed by atoms with Crippen LogP contribution < -0.4 is 10.6 Å². The van der Waals surface area contributed by atoms with Crippen molar-refractivity contribution >= 4 is 24.3 Å². The van der Waals surface area contributed by atoms with Crippen LogP contribution in [0.3, 0.4) is 0 Å². The summed E-state index contributed by atoms with van der Waals surface area (Å²) in [5.41, 5.74) is 3.01. The monoisotopic (exact) mass is 654 g/mol. The molecule has 46 heavy (non-hydrogen) atoms. The molecule has 0 aliphatic carbocycles. The number of carbonyl (C=O) groups excluding carboxylic acids is 2. The number of nitrogens with one attached hydrogen (secondary N) is 2. The van der Waals surface area contributed by atoms with E-state index in [4.69, 9.17) is 4.74 Å². The van der Waals surface area contributed by atoms with Gasteiger partial charge in [0.1, 0.15) is 17.9 Å². The van der Waals surface area contributed by atoms with E-state index in [1.165, 1.54) is 13.0 Å². The lowest BCUT2D eigenvalue weighted by atomic mass is 9.88. The van der Waals surface area contributed by atoms with Crippen LogP contribution in [0, 0.1) is 6.92 Å². The molecule has 0 saturated carbocycles. The first-order valence-electron chi connectivity index (χ1n) is 14.9. The summed E-state index contributed by atoms with van der Waals surface area (Å²) >= 11 is 0. The van der Waals surface area contributed by atoms with Crippen molar-refractivity contribution in [1.29, 1.82) is 0 Å². The molecule has 0 spiro atoms. The zero-order valence-corrected chi connectivity index (χ0v) is 26.3. The maximum absolute atomic E-state index is 13.2. The van der Waals surface area contributed by atoms with Crippen LogP contribution in [0.4, 0.5) is 13.2 Å². The van der Waals surface area contributed by atoms with Crippen molar-refractivity contribution in [2.75, 3.05) is 26.2 Å². The number of phenols is 1. The number of amides is 1. The maximum atomic E-state index is 13.2. The highest BCUT2D eigenvalue weighted by Crippen LogP contribution is 2.39. The second-order valence-electron chi connectivity index (χ2n) is 10.8. The van der Waals surface area contributed by atoms with Crippen molar-refractivity contribution in [1.82, 2.24) is 10.6 Å². The molecular weight excluding hydrogens is 617 g/mol. The summed E-state index contributed by atoms with van der Waals surface area (Å²) in [6, 6.07) is 29.5. The van der Waals surface area contributed by atoms with Crippen LogP contribution in [-0.2, 0) is 28.5 Å². The highest BCUT2D eigenvalue weighted by molar-refractivity contribution is 5.89. The molecule has 6 nitrogen and oxygen atoms in total. The van der Waals surface area contributed by atoms with Gasteiger partial charge in [-0.2, -0.15) is 13.2 Å². The van der Waals surface area contributed by atoms with E-state index in [-0.39, 0.29) is 36.4 Å². The summed E-state index contributed by atoms with van der Waals surface area (Å²) in [6.45, 7) is 2.62. The second kappa shape index (κ2) is 17.4. The smallest absolute Gasteiger partial charge is 0.420 e. The van der Waals surface area contributed by atoms with Crippen LogP contribution in [0.25, 0.3) is 0 Å². The average Bonchev–Trinajstić information content (AvgIpc) is 3.03. The van der Waals surface area contributed by atoms with Gasteiger partial charge < -0.3 is 20.5 Å². The van der Waals surface area contributed by atoms with E-state index in [2.05, 4.69) is 10.6 Å². The van der Waals surface area contributed by atoms with Crippen LogP contribution in [-0.4, -0.2) is 43.2 Å². The Labute approximate surface area is 273 Å². The standard InChI is InChI=1S/C36H37F3N2O4.ClH/c1-25-27(16-17-32(42)34(25)36(37,38)39)19-20-40-22-23-45-35(44)30-14-12-26(13-15-30)18-21-41-33(43)24-31(28-8-4-2-5-9-28)29-10-6-3-7-11-29;/h2-17,31,40,42H,18-24H2,1H3,(H,41,43);1H. The number of ether oxygens (including phenoxy) is 1. The van der Waals surface area contributed by atoms with Crippen molar-refractivity contribution in [3.05, 3.63) is 136 Å². The van der Waals surface area contributed by atoms with Crippen LogP contribution in [0.15, 0.2) is 97.1 Å². The third kappa shape index (κ3) is 10.4. The van der Waals surface area contributed by atoms with Gasteiger partial charge in [-0.25, -0.2) is 4.79 Å². The summed E-state index contributed by atoms with van der Waals surface area (Å²) < 4.78 is 44.9. The fraction of sp³-hybridized carbons (Fsp3) is 0.278. The average molecular weight is 655 g/mol. The van der Waals surface area contributed by atoms with E-state index in [1.54, 1.807) is 12.1 Å². The van der Waals surface area contributed by atoms with Gasteiger partial charge in [0.2, 0.25) is 5.91 Å². The first kappa shape index (κ1) is 36.1. The Hall–Kier alpha value is -4.34. The van der Waals surface area contributed by atoms with E-state index in [9.17, 15) is 27.9 Å². The minimum absolute atomic E-state index is 0. The molecule has 4 rings (SSSR count). The molecule has 244 valence electrons. The molecule has 0 atom stereocenters. The number of rotatable bonds is 14. The third-order valence-corrected chi connectivity index (χ3v) is 7.64. The molecule has 10 heteroatoms. The van der Waals surface area contributed by atoms with E-state index < -0.39 is 23.5 Å². The van der Waals surface area contributed by atoms with E-state index in [1.807, 2.05) is 72.8 Å². The fourth-order valence-corrected chi connectivity index (χ4v) is 5.23. The Kier molecular flexibility index (Phi) is 13.7. The predicted octanol–water partition coefficient (Wildman–Crippen LogP) is 7.01. The van der Waals surface area contributed by atoms with Gasteiger partial charge in [-0.15, -0.1) is 12.4 Å². The third-order valence-electron chi connectivity index (χ3n) is 7.64. The summed E-state index contributed by atoms with van der Waals surface area (Å²) in [4.78, 5) is 25.2. The van der Waals surface area contributed by atoms with E-state index >= 15 is 0 Å². The molecule has 0 saturated heterocycles. The lowest BCUT2D eigenvalue weighted by Crippen LogP contribution is -2.27. The number of alkyl halides is 3. The molecule has 0 aromatic heterocycles. The van der Waals surface area contributed by atoms with Crippen molar-refractivity contribution in [2.45, 2.75) is 38.3 Å². The summed E-state index contributed by atoms with van der Waals surface area (Å²) in [6.07, 6.45) is -3.36. The van der Waals surface area contributed by atoms with E-state index in [0.29, 0.717) is 50.0 Å². The Morgan fingerprint density at radius 3 is 2.00 bits per heavy atom. The molecule has 0 fully saturated rings. The molecule has 0 aliphatic rings. The van der Waals surface area contributed by atoms with Crippen molar-refractivity contribution in [3.63, 3.8) is 0 Å². The number of aromatic hydroxyl groups is 1. The molecule has 4 aromatic carbocycles. The summed E-state index contributed by atoms with van der Waals surface area (Å²) in [7, 11) is 0. The van der Waals surface area contributed by atoms with Gasteiger partial charge in [0.05, 0.1) is 5.56 Å². The van der Waals surface area contributed by atoms with Crippen molar-refractivity contribution in [2.24, 2.45) is 0 Å². The van der Waals surface area contributed by atoms with Gasteiger partial charge in [-0.05, 0) is 72.3 Å². The molecule has 1 amide bonds. The largest absolute Gasteiger partial charge is 0.507 e. The topological polar surface area (TPSA) is 87.7 Å². The Balaban J connectivity index is 0.00000576. The number of esters is 1. The van der Waals surface area contributed by atoms with Gasteiger partial charge >= 0.3 is 12.1 Å². The highest BCUT2D eigenvalue weighted by Gasteiger charge is 2.36. The first-order valence-corrected chi connectivity index (χ1v) is 14.9. The minimum Gasteiger partial charge on any atom is -0.507 e. The quantitative estimate of drug-likeness (QED) is 0.101. The van der Waals surface area contributed by atoms with Gasteiger partial charge in [0, 0.05) is 25.4 Å². The first-order chi connectivity index (χ1) is 21.6. The zero-order chi connectivity index (χ0) is 32.2. The molecule has 0 aliphatic heterocycles. The zero-order valence-electron chi connectivity index (χ0n) is 25.5. The second-order valence-corrected chi connectivity index (χ2v) is 10.8. The van der Waals surface area contributed by atoms with Crippen LogP contribution >= 0.6 is 12.4 Å². The van der Waals surface area contributed by atoms with Gasteiger partial charge in [0.25, 0.3) is 0 Å². The maximum Gasteiger partial charge on any atom is 0.420 e. The van der Waals surface area contributed by atoms with Crippen LogP contribution in [0.1, 0.15) is 56.1 Å². The number of carbonyl (C=O) groups is 2. The van der Waals surface area contributed by atoms with Crippen LogP contribution in [0.5, 0.6) is 5.75 Å². The normalized spacial score (nSPS) is 11.2. The number of halogens is 4. The summed E-state index contributed by atoms with van der Waals surface area (Å²) in [5.74, 6) is -1.34. The molecule has 0 bridgehead atoms. The van der Waals surface area contributed by atoms with Crippen molar-refractivity contribution in [3.8, 4) is 5.75 Å². The Morgan fingerprint density at radius 2 is 1.41 bits per heavy atom. The van der Waals surface area contributed by atoms with Gasteiger partial charge in [-0.1, -0.05) is 78.9 Å². The Morgan fingerprint density at radius 1 is 0.804 bits per heavy atom. The lowest BCUT2D eigenvalue weighted by molar-refractivity contribution is -0.139. The molecule has 4 aromatic rings. The number of phenolic OH excluding ortho intramolecular Hbond substituents is 1. The van der Waals surface area contributed by atoms with Gasteiger partial charge in [-0.3, -0.25) is 4.79 Å². The van der Waals surface area contributed by atoms with Crippen molar-refractivity contribution < 1.29 is 32.6 Å². The van der Waals surface area contributed by atoms with Gasteiger partial charge in [0.15, 0.2) is 0 Å². The predicted molar refractivity (Wildman–Crippen MR) is 174 cm³/mol. The SMILES string of the molecule is Cc1c(CCNCCOC(=O)c2ccc(CCNC(=O)CC(c3ccccc3)c3ccccc3)cc2)ccc(O)c1C(F)(F)F.Cl. The molecule has 0 unspecified atom stereocenters. The number of benzene rings is 4. The highest BCUT2D eigenvalue weighted by atomic mass is 35.5. The fourth-order valence-electron chi connectivity index (χ4n) is 5.23. The summed E-state index contributed by atoms with van der Waals surface area (Å²) in [5, 5.41) is 15.7. The number of hydrogen-bond donors (Lipinski definition) is 3. The molecule has 3 N–H and O–H groups in total. The van der Waals surface area contributed by atoms with E-state index in [0.717, 1.165) is 22.8 Å². The minimum atomic E-state index is -4.63. The molecular formula is C36H38ClF3N2O4. The lowest BCUT2D eigenvalue weighted by Gasteiger charge is -2.18. The van der Waals surface area contributed by atoms with Crippen LogP contribution in [0.2, 0.25) is 0 Å².